The van der Waals surface area contributed by atoms with Gasteiger partial charge in [-0.2, -0.15) is 0 Å². The quantitative estimate of drug-likeness (QED) is 0.684. The van der Waals surface area contributed by atoms with Gasteiger partial charge < -0.3 is 4.74 Å². The Labute approximate surface area is 119 Å². The summed E-state index contributed by atoms with van der Waals surface area (Å²) in [5, 5.41) is 0. The van der Waals surface area contributed by atoms with Crippen LogP contribution in [0.25, 0.3) is 0 Å². The van der Waals surface area contributed by atoms with Gasteiger partial charge in [0.05, 0.1) is 6.10 Å². The van der Waals surface area contributed by atoms with Crippen LogP contribution in [0.5, 0.6) is 5.75 Å². The monoisotopic (exact) mass is 262 g/mol. The van der Waals surface area contributed by atoms with E-state index in [9.17, 15) is 0 Å². The van der Waals surface area contributed by atoms with E-state index in [1.807, 2.05) is 13.8 Å². The minimum atomic E-state index is 0.458. The molecule has 0 amide bonds. The van der Waals surface area contributed by atoms with Crippen molar-refractivity contribution in [3.63, 3.8) is 0 Å². The third-order valence-corrected chi connectivity index (χ3v) is 3.42. The Kier molecular flexibility index (Phi) is 7.62. The van der Waals surface area contributed by atoms with E-state index >= 15 is 0 Å². The highest BCUT2D eigenvalue weighted by Crippen LogP contribution is 2.23. The van der Waals surface area contributed by atoms with Gasteiger partial charge in [0.25, 0.3) is 0 Å². The maximum Gasteiger partial charge on any atom is 0.119 e. The van der Waals surface area contributed by atoms with Crippen LogP contribution in [0.1, 0.15) is 65.4 Å². The number of rotatable bonds is 4. The van der Waals surface area contributed by atoms with Gasteiger partial charge in [0, 0.05) is 0 Å². The van der Waals surface area contributed by atoms with Crippen molar-refractivity contribution in [1.29, 1.82) is 0 Å². The average Bonchev–Trinajstić information content (AvgIpc) is 2.44. The lowest BCUT2D eigenvalue weighted by molar-refractivity contribution is 0.155. The first-order chi connectivity index (χ1) is 9.24. The molecule has 1 heteroatoms. The Morgan fingerprint density at radius 1 is 1.00 bits per heavy atom. The van der Waals surface area contributed by atoms with Crippen LogP contribution in [0.4, 0.5) is 0 Å². The first kappa shape index (κ1) is 16.1. The van der Waals surface area contributed by atoms with Crippen molar-refractivity contribution in [3.05, 3.63) is 29.8 Å². The molecule has 0 aromatic heterocycles. The fraction of sp³-hybridized carbons (Fsp3) is 0.667. The predicted molar refractivity (Wildman–Crippen MR) is 83.8 cm³/mol. The molecule has 1 aliphatic rings. The average molecular weight is 262 g/mol. The van der Waals surface area contributed by atoms with E-state index in [2.05, 4.69) is 38.1 Å². The first-order valence-electron chi connectivity index (χ1n) is 7.99. The molecule has 0 unspecified atom stereocenters. The van der Waals surface area contributed by atoms with Gasteiger partial charge in [-0.1, -0.05) is 46.2 Å². The Bertz CT molecular complexity index is 320. The molecule has 0 heterocycles. The molecule has 1 aliphatic carbocycles. The van der Waals surface area contributed by atoms with Crippen molar-refractivity contribution in [2.45, 2.75) is 72.3 Å². The summed E-state index contributed by atoms with van der Waals surface area (Å²) in [5.41, 5.74) is 1.41. The zero-order chi connectivity index (χ0) is 14.1. The smallest absolute Gasteiger partial charge is 0.119 e. The SMILES string of the molecule is CC.CC(C)Cc1ccc(OC2CCCCC2)cc1. The van der Waals surface area contributed by atoms with Gasteiger partial charge in [0.2, 0.25) is 0 Å². The number of hydrogen-bond donors (Lipinski definition) is 0. The zero-order valence-corrected chi connectivity index (χ0v) is 13.1. The van der Waals surface area contributed by atoms with Crippen LogP contribution in [0, 0.1) is 5.92 Å². The van der Waals surface area contributed by atoms with E-state index in [1.54, 1.807) is 0 Å². The van der Waals surface area contributed by atoms with Crippen LogP contribution in [-0.4, -0.2) is 6.10 Å². The molecular weight excluding hydrogens is 232 g/mol. The topological polar surface area (TPSA) is 9.23 Å². The molecule has 19 heavy (non-hydrogen) atoms. The summed E-state index contributed by atoms with van der Waals surface area (Å²) in [7, 11) is 0. The van der Waals surface area contributed by atoms with E-state index in [0.717, 1.165) is 18.1 Å². The van der Waals surface area contributed by atoms with E-state index in [4.69, 9.17) is 4.74 Å². The normalized spacial score (nSPS) is 15.8. The van der Waals surface area contributed by atoms with Gasteiger partial charge in [0.1, 0.15) is 5.75 Å². The molecule has 0 saturated heterocycles. The molecule has 0 aliphatic heterocycles. The van der Waals surface area contributed by atoms with E-state index in [-0.39, 0.29) is 0 Å². The maximum absolute atomic E-state index is 6.02. The largest absolute Gasteiger partial charge is 0.490 e. The molecule has 108 valence electrons. The second-order valence-corrected chi connectivity index (χ2v) is 5.62. The van der Waals surface area contributed by atoms with Gasteiger partial charge in [-0.15, -0.1) is 0 Å². The van der Waals surface area contributed by atoms with E-state index < -0.39 is 0 Å². The second-order valence-electron chi connectivity index (χ2n) is 5.62. The van der Waals surface area contributed by atoms with E-state index in [1.165, 1.54) is 37.7 Å². The summed E-state index contributed by atoms with van der Waals surface area (Å²) in [6.45, 7) is 8.51. The van der Waals surface area contributed by atoms with Crippen LogP contribution >= 0.6 is 0 Å². The Hall–Kier alpha value is -0.980. The first-order valence-corrected chi connectivity index (χ1v) is 7.99. The van der Waals surface area contributed by atoms with E-state index in [0.29, 0.717) is 6.10 Å². The zero-order valence-electron chi connectivity index (χ0n) is 13.1. The molecule has 0 radical (unpaired) electrons. The number of hydrogen-bond acceptors (Lipinski definition) is 1. The molecule has 0 bridgehead atoms. The van der Waals surface area contributed by atoms with Crippen LogP contribution < -0.4 is 4.74 Å². The summed E-state index contributed by atoms with van der Waals surface area (Å²) < 4.78 is 6.02. The fourth-order valence-corrected chi connectivity index (χ4v) is 2.55. The highest BCUT2D eigenvalue weighted by Gasteiger charge is 2.14. The summed E-state index contributed by atoms with van der Waals surface area (Å²) in [6.07, 6.45) is 8.12. The van der Waals surface area contributed by atoms with Crippen molar-refractivity contribution in [2.75, 3.05) is 0 Å². The van der Waals surface area contributed by atoms with Crippen molar-refractivity contribution in [2.24, 2.45) is 5.92 Å². The van der Waals surface area contributed by atoms with Crippen molar-refractivity contribution in [1.82, 2.24) is 0 Å². The lowest BCUT2D eigenvalue weighted by atomic mass is 9.98. The standard InChI is InChI=1S/C16H24O.C2H6/c1-13(2)12-14-8-10-16(11-9-14)17-15-6-4-3-5-7-15;1-2/h8-11,13,15H,3-7,12H2,1-2H3;1-2H3. The Morgan fingerprint density at radius 2 is 1.58 bits per heavy atom. The summed E-state index contributed by atoms with van der Waals surface area (Å²) >= 11 is 0. The van der Waals surface area contributed by atoms with Crippen molar-refractivity contribution < 1.29 is 4.74 Å². The molecule has 1 nitrogen and oxygen atoms in total. The van der Waals surface area contributed by atoms with Crippen LogP contribution in [0.3, 0.4) is 0 Å². The highest BCUT2D eigenvalue weighted by atomic mass is 16.5. The van der Waals surface area contributed by atoms with Crippen LogP contribution in [-0.2, 0) is 6.42 Å². The minimum absolute atomic E-state index is 0.458. The van der Waals surface area contributed by atoms with Gasteiger partial charge >= 0.3 is 0 Å². The van der Waals surface area contributed by atoms with Gasteiger partial charge in [-0.3, -0.25) is 0 Å². The summed E-state index contributed by atoms with van der Waals surface area (Å²) in [6, 6.07) is 8.68. The number of ether oxygens (including phenoxy) is 1. The lowest BCUT2D eigenvalue weighted by Gasteiger charge is -2.23. The molecule has 0 atom stereocenters. The lowest BCUT2D eigenvalue weighted by Crippen LogP contribution is -2.19. The van der Waals surface area contributed by atoms with Crippen LogP contribution in [0.2, 0.25) is 0 Å². The molecule has 1 saturated carbocycles. The third-order valence-electron chi connectivity index (χ3n) is 3.42. The van der Waals surface area contributed by atoms with Gasteiger partial charge in [-0.25, -0.2) is 0 Å². The molecule has 2 rings (SSSR count). The van der Waals surface area contributed by atoms with Gasteiger partial charge in [0.15, 0.2) is 0 Å². The minimum Gasteiger partial charge on any atom is -0.490 e. The molecule has 0 spiro atoms. The highest BCUT2D eigenvalue weighted by molar-refractivity contribution is 5.27. The number of benzene rings is 1. The Morgan fingerprint density at radius 3 is 2.11 bits per heavy atom. The van der Waals surface area contributed by atoms with Gasteiger partial charge in [-0.05, 0) is 55.7 Å². The molecule has 1 fully saturated rings. The maximum atomic E-state index is 6.02. The molecule has 0 N–H and O–H groups in total. The summed E-state index contributed by atoms with van der Waals surface area (Å²) in [4.78, 5) is 0. The molecule has 1 aromatic rings. The fourth-order valence-electron chi connectivity index (χ4n) is 2.55. The molecule has 1 aromatic carbocycles. The molecular formula is C18H30O. The Balaban J connectivity index is 0.000000861. The van der Waals surface area contributed by atoms with Crippen molar-refractivity contribution >= 4 is 0 Å². The third kappa shape index (κ3) is 6.13. The second kappa shape index (κ2) is 9.01. The summed E-state index contributed by atoms with van der Waals surface area (Å²) in [5.74, 6) is 1.77. The predicted octanol–water partition coefficient (Wildman–Crippen LogP) is 5.62. The van der Waals surface area contributed by atoms with Crippen molar-refractivity contribution in [3.8, 4) is 5.75 Å². The van der Waals surface area contributed by atoms with Crippen LogP contribution in [0.15, 0.2) is 24.3 Å².